The summed E-state index contributed by atoms with van der Waals surface area (Å²) in [6.07, 6.45) is -2.64. The third kappa shape index (κ3) is 5.53. The van der Waals surface area contributed by atoms with Crippen molar-refractivity contribution >= 4 is 45.1 Å². The quantitative estimate of drug-likeness (QED) is 0.364. The zero-order valence-electron chi connectivity index (χ0n) is 20.4. The first-order chi connectivity index (χ1) is 17.8. The van der Waals surface area contributed by atoms with Crippen LogP contribution in [0.5, 0.6) is 17.2 Å². The Bertz CT molecular complexity index is 1330. The molecule has 1 amide bonds. The maximum Gasteiger partial charge on any atom is 0.306 e. The Labute approximate surface area is 227 Å². The number of carboxylic acids is 1. The van der Waals surface area contributed by atoms with Crippen LogP contribution in [-0.2, 0) is 20.9 Å². The SMILES string of the molecule is COc1ccc(CN2C(=O)[C@H](CC(=O)O)O[C@@H](c3cccc(OC)c3Cl)c3cc(Br)ccc32)c(OC)c1. The molecule has 3 aromatic carbocycles. The summed E-state index contributed by atoms with van der Waals surface area (Å²) in [7, 11) is 4.59. The highest BCUT2D eigenvalue weighted by molar-refractivity contribution is 9.10. The van der Waals surface area contributed by atoms with E-state index in [2.05, 4.69) is 15.9 Å². The Balaban J connectivity index is 1.90. The molecule has 10 heteroatoms. The second-order valence-corrected chi connectivity index (χ2v) is 9.57. The lowest BCUT2D eigenvalue weighted by atomic mass is 9.98. The fourth-order valence-corrected chi connectivity index (χ4v) is 4.99. The molecule has 0 aromatic heterocycles. The molecule has 1 heterocycles. The third-order valence-corrected chi connectivity index (χ3v) is 6.98. The Morgan fingerprint density at radius 1 is 1.03 bits per heavy atom. The van der Waals surface area contributed by atoms with Crippen molar-refractivity contribution in [2.45, 2.75) is 25.2 Å². The van der Waals surface area contributed by atoms with Crippen molar-refractivity contribution in [2.75, 3.05) is 26.2 Å². The van der Waals surface area contributed by atoms with Crippen molar-refractivity contribution < 1.29 is 33.6 Å². The molecule has 3 aromatic rings. The van der Waals surface area contributed by atoms with Crippen molar-refractivity contribution in [2.24, 2.45) is 0 Å². The van der Waals surface area contributed by atoms with E-state index in [0.717, 1.165) is 4.47 Å². The molecular weight excluding hydrogens is 566 g/mol. The van der Waals surface area contributed by atoms with Gasteiger partial charge in [-0.3, -0.25) is 9.59 Å². The highest BCUT2D eigenvalue weighted by atomic mass is 79.9. The maximum absolute atomic E-state index is 13.8. The van der Waals surface area contributed by atoms with Gasteiger partial charge in [0.1, 0.15) is 29.5 Å². The van der Waals surface area contributed by atoms with Crippen LogP contribution < -0.4 is 19.1 Å². The summed E-state index contributed by atoms with van der Waals surface area (Å²) in [5, 5.41) is 9.92. The first kappa shape index (κ1) is 26.8. The Morgan fingerprint density at radius 3 is 2.46 bits per heavy atom. The van der Waals surface area contributed by atoms with Crippen molar-refractivity contribution in [3.63, 3.8) is 0 Å². The van der Waals surface area contributed by atoms with E-state index in [1.807, 2.05) is 12.1 Å². The summed E-state index contributed by atoms with van der Waals surface area (Å²) in [4.78, 5) is 27.1. The monoisotopic (exact) mass is 589 g/mol. The average Bonchev–Trinajstić information content (AvgIpc) is 2.99. The predicted octanol–water partition coefficient (Wildman–Crippen LogP) is 5.62. The molecule has 1 N–H and O–H groups in total. The van der Waals surface area contributed by atoms with Gasteiger partial charge in [-0.15, -0.1) is 0 Å². The third-order valence-electron chi connectivity index (χ3n) is 6.08. The Kier molecular flexibility index (Phi) is 8.26. The van der Waals surface area contributed by atoms with E-state index < -0.39 is 30.5 Å². The molecular formula is C27H25BrClNO7. The van der Waals surface area contributed by atoms with Crippen LogP contribution in [-0.4, -0.2) is 44.4 Å². The van der Waals surface area contributed by atoms with E-state index in [1.54, 1.807) is 49.6 Å². The fraction of sp³-hybridized carbons (Fsp3) is 0.259. The number of halogens is 2. The Hall–Kier alpha value is -3.27. The molecule has 2 atom stereocenters. The summed E-state index contributed by atoms with van der Waals surface area (Å²) in [6.45, 7) is 0.110. The number of amides is 1. The number of carbonyl (C=O) groups is 2. The molecule has 0 saturated carbocycles. The normalized spacial score (nSPS) is 17.1. The number of ether oxygens (including phenoxy) is 4. The lowest BCUT2D eigenvalue weighted by molar-refractivity contribution is -0.146. The lowest BCUT2D eigenvalue weighted by Crippen LogP contribution is -2.40. The number of aliphatic carboxylic acids is 1. The van der Waals surface area contributed by atoms with Gasteiger partial charge < -0.3 is 29.0 Å². The number of methoxy groups -OCH3 is 3. The first-order valence-electron chi connectivity index (χ1n) is 11.3. The minimum atomic E-state index is -1.28. The van der Waals surface area contributed by atoms with Crippen LogP contribution in [0.15, 0.2) is 59.1 Å². The van der Waals surface area contributed by atoms with Crippen molar-refractivity contribution in [3.05, 3.63) is 80.8 Å². The number of benzene rings is 3. The predicted molar refractivity (Wildman–Crippen MR) is 142 cm³/mol. The second-order valence-electron chi connectivity index (χ2n) is 8.27. The molecule has 37 heavy (non-hydrogen) atoms. The molecule has 0 bridgehead atoms. The maximum atomic E-state index is 13.8. The van der Waals surface area contributed by atoms with Gasteiger partial charge in [-0.05, 0) is 36.4 Å². The van der Waals surface area contributed by atoms with Crippen LogP contribution in [0, 0.1) is 0 Å². The summed E-state index contributed by atoms with van der Waals surface area (Å²) < 4.78 is 23.2. The smallest absolute Gasteiger partial charge is 0.306 e. The standard InChI is InChI=1S/C27H25BrClNO7/c1-34-17-9-7-15(22(12-17)36-3)14-30-20-10-8-16(28)11-19(20)26(37-23(27(30)33)13-24(31)32)18-5-4-6-21(35-2)25(18)29/h4-12,23,26H,13-14H2,1-3H3,(H,31,32)/t23-,26-/m0/s1. The van der Waals surface area contributed by atoms with Crippen LogP contribution in [0.25, 0.3) is 0 Å². The number of nitrogens with zero attached hydrogens (tertiary/aromatic N) is 1. The second kappa shape index (κ2) is 11.4. The van der Waals surface area contributed by atoms with Crippen LogP contribution >= 0.6 is 27.5 Å². The largest absolute Gasteiger partial charge is 0.497 e. The van der Waals surface area contributed by atoms with Gasteiger partial charge in [0.25, 0.3) is 5.91 Å². The molecule has 1 aliphatic heterocycles. The Morgan fingerprint density at radius 2 is 1.78 bits per heavy atom. The highest BCUT2D eigenvalue weighted by Crippen LogP contribution is 2.44. The molecule has 0 radical (unpaired) electrons. The van der Waals surface area contributed by atoms with Crippen molar-refractivity contribution in [1.29, 1.82) is 0 Å². The van der Waals surface area contributed by atoms with E-state index >= 15 is 0 Å². The molecule has 0 unspecified atom stereocenters. The molecule has 0 saturated heterocycles. The minimum absolute atomic E-state index is 0.110. The van der Waals surface area contributed by atoms with Gasteiger partial charge in [0.2, 0.25) is 0 Å². The van der Waals surface area contributed by atoms with E-state index in [4.69, 9.17) is 30.5 Å². The van der Waals surface area contributed by atoms with E-state index in [1.165, 1.54) is 19.1 Å². The van der Waals surface area contributed by atoms with Gasteiger partial charge in [-0.2, -0.15) is 0 Å². The summed E-state index contributed by atoms with van der Waals surface area (Å²) in [5.41, 5.74) is 2.45. The minimum Gasteiger partial charge on any atom is -0.497 e. The number of fused-ring (bicyclic) bond motifs is 1. The van der Waals surface area contributed by atoms with Gasteiger partial charge in [0.05, 0.1) is 45.0 Å². The molecule has 0 aliphatic carbocycles. The van der Waals surface area contributed by atoms with Gasteiger partial charge in [-0.25, -0.2) is 0 Å². The lowest BCUT2D eigenvalue weighted by Gasteiger charge is -2.26. The molecule has 0 spiro atoms. The molecule has 1 aliphatic rings. The number of hydrogen-bond donors (Lipinski definition) is 1. The number of rotatable bonds is 8. The average molecular weight is 591 g/mol. The van der Waals surface area contributed by atoms with E-state index in [0.29, 0.717) is 44.6 Å². The zero-order valence-corrected chi connectivity index (χ0v) is 22.7. The van der Waals surface area contributed by atoms with Gasteiger partial charge in [0.15, 0.2) is 0 Å². The first-order valence-corrected chi connectivity index (χ1v) is 12.5. The van der Waals surface area contributed by atoms with Gasteiger partial charge in [-0.1, -0.05) is 39.7 Å². The van der Waals surface area contributed by atoms with Crippen LogP contribution in [0.1, 0.15) is 29.2 Å². The van der Waals surface area contributed by atoms with Crippen LogP contribution in [0.3, 0.4) is 0 Å². The molecule has 4 rings (SSSR count). The topological polar surface area (TPSA) is 94.5 Å². The van der Waals surface area contributed by atoms with Crippen molar-refractivity contribution in [3.8, 4) is 17.2 Å². The number of carboxylic acid groups (broad SMARTS) is 1. The molecule has 194 valence electrons. The summed E-state index contributed by atoms with van der Waals surface area (Å²) >= 11 is 10.2. The number of hydrogen-bond acceptors (Lipinski definition) is 6. The van der Waals surface area contributed by atoms with Gasteiger partial charge >= 0.3 is 5.97 Å². The highest BCUT2D eigenvalue weighted by Gasteiger charge is 2.39. The van der Waals surface area contributed by atoms with E-state index in [9.17, 15) is 14.7 Å². The fourth-order valence-electron chi connectivity index (χ4n) is 4.31. The summed E-state index contributed by atoms with van der Waals surface area (Å²) in [5.74, 6) is -0.0945. The van der Waals surface area contributed by atoms with E-state index in [-0.39, 0.29) is 6.54 Å². The molecule has 8 nitrogen and oxygen atoms in total. The molecule has 0 fully saturated rings. The number of carbonyl (C=O) groups excluding carboxylic acids is 1. The number of anilines is 1. The summed E-state index contributed by atoms with van der Waals surface area (Å²) in [6, 6.07) is 16.0. The van der Waals surface area contributed by atoms with Crippen molar-refractivity contribution in [1.82, 2.24) is 0 Å². The van der Waals surface area contributed by atoms with Crippen LogP contribution in [0.2, 0.25) is 5.02 Å². The zero-order chi connectivity index (χ0) is 26.7. The van der Waals surface area contributed by atoms with Gasteiger partial charge in [0, 0.05) is 27.2 Å². The van der Waals surface area contributed by atoms with Crippen LogP contribution in [0.4, 0.5) is 5.69 Å².